The summed E-state index contributed by atoms with van der Waals surface area (Å²) in [7, 11) is 1.76. The third-order valence-electron chi connectivity index (χ3n) is 4.05. The molecule has 1 aromatic carbocycles. The second-order valence-corrected chi connectivity index (χ2v) is 6.70. The molecule has 7 nitrogen and oxygen atoms in total. The van der Waals surface area contributed by atoms with Crippen LogP contribution < -0.4 is 15.4 Å². The average Bonchev–Trinajstić information content (AvgIpc) is 3.12. The SMILES string of the molecule is CCOc1cc(C)ccc1CNC(=NC)NCCCc1nc(C(C)C)no1.I. The van der Waals surface area contributed by atoms with Crippen LogP contribution in [0.15, 0.2) is 27.7 Å². The van der Waals surface area contributed by atoms with Crippen LogP contribution in [-0.2, 0) is 13.0 Å². The number of ether oxygens (including phenoxy) is 1. The molecule has 0 spiro atoms. The summed E-state index contributed by atoms with van der Waals surface area (Å²) in [5.74, 6) is 3.40. The Kier molecular flexibility index (Phi) is 10.9. The predicted octanol–water partition coefficient (Wildman–Crippen LogP) is 3.82. The van der Waals surface area contributed by atoms with Crippen LogP contribution in [0.1, 0.15) is 56.0 Å². The van der Waals surface area contributed by atoms with E-state index in [1.165, 1.54) is 5.56 Å². The summed E-state index contributed by atoms with van der Waals surface area (Å²) in [4.78, 5) is 8.66. The van der Waals surface area contributed by atoms with Crippen molar-refractivity contribution >= 4 is 29.9 Å². The third-order valence-corrected chi connectivity index (χ3v) is 4.05. The Balaban J connectivity index is 0.00000392. The summed E-state index contributed by atoms with van der Waals surface area (Å²) in [5.41, 5.74) is 2.30. The van der Waals surface area contributed by atoms with Gasteiger partial charge in [0.2, 0.25) is 5.89 Å². The first-order chi connectivity index (χ1) is 13.0. The molecular weight excluding hydrogens is 469 g/mol. The van der Waals surface area contributed by atoms with Crippen molar-refractivity contribution in [1.82, 2.24) is 20.8 Å². The Morgan fingerprint density at radius 3 is 2.71 bits per heavy atom. The Morgan fingerprint density at radius 1 is 1.29 bits per heavy atom. The molecule has 1 aromatic heterocycles. The fourth-order valence-corrected chi connectivity index (χ4v) is 2.55. The predicted molar refractivity (Wildman–Crippen MR) is 123 cm³/mol. The van der Waals surface area contributed by atoms with Crippen molar-refractivity contribution in [1.29, 1.82) is 0 Å². The molecule has 0 saturated carbocycles. The minimum absolute atomic E-state index is 0. The molecule has 0 fully saturated rings. The van der Waals surface area contributed by atoms with Crippen molar-refractivity contribution in [3.05, 3.63) is 41.0 Å². The molecule has 2 aromatic rings. The highest BCUT2D eigenvalue weighted by atomic mass is 127. The smallest absolute Gasteiger partial charge is 0.226 e. The number of halogens is 1. The summed E-state index contributed by atoms with van der Waals surface area (Å²) in [6, 6.07) is 6.24. The minimum Gasteiger partial charge on any atom is -0.494 e. The van der Waals surface area contributed by atoms with Crippen molar-refractivity contribution < 1.29 is 9.26 Å². The Bertz CT molecular complexity index is 746. The van der Waals surface area contributed by atoms with Crippen molar-refractivity contribution in [2.24, 2.45) is 4.99 Å². The number of benzene rings is 1. The molecule has 28 heavy (non-hydrogen) atoms. The molecule has 0 aliphatic heterocycles. The van der Waals surface area contributed by atoms with Crippen molar-refractivity contribution in [3.63, 3.8) is 0 Å². The molecule has 0 bridgehead atoms. The first kappa shape index (κ1) is 24.2. The van der Waals surface area contributed by atoms with E-state index in [9.17, 15) is 0 Å². The number of aryl methyl sites for hydroxylation is 2. The van der Waals surface area contributed by atoms with Crippen LogP contribution >= 0.6 is 24.0 Å². The van der Waals surface area contributed by atoms with Gasteiger partial charge in [0.1, 0.15) is 5.75 Å². The van der Waals surface area contributed by atoms with Gasteiger partial charge < -0.3 is 19.9 Å². The largest absolute Gasteiger partial charge is 0.494 e. The van der Waals surface area contributed by atoms with Crippen molar-refractivity contribution in [2.75, 3.05) is 20.2 Å². The van der Waals surface area contributed by atoms with E-state index in [2.05, 4.69) is 64.7 Å². The zero-order valence-corrected chi connectivity index (χ0v) is 19.7. The highest BCUT2D eigenvalue weighted by Gasteiger charge is 2.09. The number of aromatic nitrogens is 2. The van der Waals surface area contributed by atoms with Crippen LogP contribution in [0.25, 0.3) is 0 Å². The molecule has 1 heterocycles. The zero-order chi connectivity index (χ0) is 19.6. The Morgan fingerprint density at radius 2 is 2.07 bits per heavy atom. The molecular formula is C20H32IN5O2. The molecule has 0 amide bonds. The molecule has 156 valence electrons. The fourth-order valence-electron chi connectivity index (χ4n) is 2.55. The third kappa shape index (κ3) is 7.65. The van der Waals surface area contributed by atoms with E-state index < -0.39 is 0 Å². The quantitative estimate of drug-likeness (QED) is 0.235. The highest BCUT2D eigenvalue weighted by molar-refractivity contribution is 14.0. The molecule has 0 radical (unpaired) electrons. The number of rotatable bonds is 9. The number of hydrogen-bond acceptors (Lipinski definition) is 5. The van der Waals surface area contributed by atoms with Crippen LogP contribution in [0.3, 0.4) is 0 Å². The first-order valence-corrected chi connectivity index (χ1v) is 9.52. The van der Waals surface area contributed by atoms with Crippen LogP contribution in [0.2, 0.25) is 0 Å². The zero-order valence-electron chi connectivity index (χ0n) is 17.4. The monoisotopic (exact) mass is 501 g/mol. The van der Waals surface area contributed by atoms with Gasteiger partial charge in [-0.3, -0.25) is 4.99 Å². The van der Waals surface area contributed by atoms with E-state index in [0.29, 0.717) is 19.0 Å². The second kappa shape index (κ2) is 12.6. The van der Waals surface area contributed by atoms with Gasteiger partial charge >= 0.3 is 0 Å². The summed E-state index contributed by atoms with van der Waals surface area (Å²) < 4.78 is 11.0. The summed E-state index contributed by atoms with van der Waals surface area (Å²) >= 11 is 0. The highest BCUT2D eigenvalue weighted by Crippen LogP contribution is 2.20. The first-order valence-electron chi connectivity index (χ1n) is 9.52. The van der Waals surface area contributed by atoms with Gasteiger partial charge in [0.05, 0.1) is 6.61 Å². The standard InChI is InChI=1S/C20H31N5O2.HI/c1-6-26-17-12-15(4)9-10-16(17)13-23-20(21-5)22-11-7-8-18-24-19(14(2)3)25-27-18;/h9-10,12,14H,6-8,11,13H2,1-5H3,(H2,21,22,23);1H. The maximum absolute atomic E-state index is 5.73. The normalized spacial score (nSPS) is 11.3. The van der Waals surface area contributed by atoms with Crippen LogP contribution in [-0.4, -0.2) is 36.3 Å². The Labute approximate surface area is 184 Å². The van der Waals surface area contributed by atoms with Crippen molar-refractivity contribution in [2.45, 2.75) is 53.0 Å². The van der Waals surface area contributed by atoms with E-state index in [1.807, 2.05) is 6.92 Å². The van der Waals surface area contributed by atoms with Gasteiger partial charge in [-0.1, -0.05) is 31.1 Å². The van der Waals surface area contributed by atoms with E-state index in [1.54, 1.807) is 7.05 Å². The number of nitrogens with one attached hydrogen (secondary N) is 2. The van der Waals surface area contributed by atoms with E-state index >= 15 is 0 Å². The average molecular weight is 501 g/mol. The summed E-state index contributed by atoms with van der Waals surface area (Å²) in [6.07, 6.45) is 1.63. The lowest BCUT2D eigenvalue weighted by molar-refractivity contribution is 0.336. The van der Waals surface area contributed by atoms with Gasteiger partial charge in [0, 0.05) is 38.0 Å². The lowest BCUT2D eigenvalue weighted by atomic mass is 10.1. The van der Waals surface area contributed by atoms with Gasteiger partial charge in [-0.15, -0.1) is 24.0 Å². The van der Waals surface area contributed by atoms with E-state index in [4.69, 9.17) is 9.26 Å². The van der Waals surface area contributed by atoms with Gasteiger partial charge in [-0.25, -0.2) is 0 Å². The summed E-state index contributed by atoms with van der Waals surface area (Å²) in [5, 5.41) is 10.6. The van der Waals surface area contributed by atoms with E-state index in [-0.39, 0.29) is 29.9 Å². The van der Waals surface area contributed by atoms with Crippen LogP contribution in [0.5, 0.6) is 5.75 Å². The number of hydrogen-bond donors (Lipinski definition) is 2. The van der Waals surface area contributed by atoms with Gasteiger partial charge in [-0.2, -0.15) is 4.98 Å². The molecule has 0 saturated heterocycles. The van der Waals surface area contributed by atoms with Crippen LogP contribution in [0, 0.1) is 6.92 Å². The topological polar surface area (TPSA) is 84.6 Å². The van der Waals surface area contributed by atoms with Gasteiger partial charge in [-0.05, 0) is 31.9 Å². The van der Waals surface area contributed by atoms with E-state index in [0.717, 1.165) is 42.5 Å². The molecule has 0 unspecified atom stereocenters. The number of aliphatic imine (C=N–C) groups is 1. The second-order valence-electron chi connectivity index (χ2n) is 6.70. The van der Waals surface area contributed by atoms with Crippen LogP contribution in [0.4, 0.5) is 0 Å². The summed E-state index contributed by atoms with van der Waals surface area (Å²) in [6.45, 7) is 10.2. The maximum Gasteiger partial charge on any atom is 0.226 e. The lowest BCUT2D eigenvalue weighted by Gasteiger charge is -2.14. The number of guanidine groups is 1. The molecule has 8 heteroatoms. The number of nitrogens with zero attached hydrogens (tertiary/aromatic N) is 3. The van der Waals surface area contributed by atoms with Gasteiger partial charge in [0.25, 0.3) is 0 Å². The molecule has 2 N–H and O–H groups in total. The Hall–Kier alpha value is -1.84. The maximum atomic E-state index is 5.73. The minimum atomic E-state index is 0. The lowest BCUT2D eigenvalue weighted by Crippen LogP contribution is -2.37. The molecule has 0 atom stereocenters. The molecule has 2 rings (SSSR count). The van der Waals surface area contributed by atoms with Crippen molar-refractivity contribution in [3.8, 4) is 5.75 Å². The fraction of sp³-hybridized carbons (Fsp3) is 0.550. The molecule has 0 aliphatic carbocycles. The van der Waals surface area contributed by atoms with Gasteiger partial charge in [0.15, 0.2) is 11.8 Å². The molecule has 0 aliphatic rings.